The Morgan fingerprint density at radius 3 is 2.69 bits per heavy atom. The van der Waals surface area contributed by atoms with E-state index in [1.165, 1.54) is 6.20 Å². The number of carbonyl (C=O) groups excluding carboxylic acids is 1. The lowest BCUT2D eigenvalue weighted by Gasteiger charge is -2.32. The molecule has 1 aliphatic heterocycles. The molecule has 1 aliphatic carbocycles. The molecule has 0 saturated carbocycles. The highest BCUT2D eigenvalue weighted by Gasteiger charge is 2.27. The van der Waals surface area contributed by atoms with Crippen molar-refractivity contribution in [1.29, 1.82) is 5.26 Å². The lowest BCUT2D eigenvalue weighted by atomic mass is 9.82. The van der Waals surface area contributed by atoms with Crippen LogP contribution in [0.2, 0.25) is 11.8 Å². The fraction of sp³-hybridized carbons (Fsp3) is 0.429. The molecule has 152 valence electrons. The van der Waals surface area contributed by atoms with Crippen LogP contribution in [0.25, 0.3) is 6.08 Å². The van der Waals surface area contributed by atoms with E-state index < -0.39 is 7.05 Å². The smallest absolute Gasteiger partial charge is 0.376 e. The molecule has 0 amide bonds. The predicted molar refractivity (Wildman–Crippen MR) is 115 cm³/mol. The molecule has 0 radical (unpaired) electrons. The fourth-order valence-electron chi connectivity index (χ4n) is 3.69. The van der Waals surface area contributed by atoms with Crippen LogP contribution in [0.3, 0.4) is 0 Å². The SMILES string of the molecule is CB(O)N1CCC(Oc2cc3c(cc2Cl)CC(C(=O)C(C#N)=CN(C)C)=C3)CC1. The Balaban J connectivity index is 1.73. The van der Waals surface area contributed by atoms with E-state index >= 15 is 0 Å². The van der Waals surface area contributed by atoms with Gasteiger partial charge in [-0.3, -0.25) is 4.79 Å². The maximum Gasteiger partial charge on any atom is 0.376 e. The highest BCUT2D eigenvalue weighted by Crippen LogP contribution is 2.36. The molecule has 3 rings (SSSR count). The average molecular weight is 414 g/mol. The van der Waals surface area contributed by atoms with Gasteiger partial charge < -0.3 is 19.5 Å². The minimum absolute atomic E-state index is 0.0419. The van der Waals surface area contributed by atoms with Crippen LogP contribution in [-0.4, -0.2) is 60.9 Å². The van der Waals surface area contributed by atoms with Crippen molar-refractivity contribution < 1.29 is 14.6 Å². The summed E-state index contributed by atoms with van der Waals surface area (Å²) < 4.78 is 6.13. The van der Waals surface area contributed by atoms with Crippen molar-refractivity contribution in [2.24, 2.45) is 0 Å². The zero-order valence-electron chi connectivity index (χ0n) is 17.0. The summed E-state index contributed by atoms with van der Waals surface area (Å²) in [6, 6.07) is 5.70. The Morgan fingerprint density at radius 2 is 2.10 bits per heavy atom. The number of carbonyl (C=O) groups is 1. The summed E-state index contributed by atoms with van der Waals surface area (Å²) in [6.07, 6.45) is 5.48. The number of ketones is 1. The van der Waals surface area contributed by atoms with Crippen LogP contribution < -0.4 is 4.74 Å². The van der Waals surface area contributed by atoms with Gasteiger partial charge in [0, 0.05) is 32.3 Å². The van der Waals surface area contributed by atoms with E-state index in [1.807, 2.05) is 29.1 Å². The molecule has 0 unspecified atom stereocenters. The van der Waals surface area contributed by atoms with Gasteiger partial charge >= 0.3 is 7.05 Å². The molecule has 0 aromatic heterocycles. The van der Waals surface area contributed by atoms with E-state index in [0.29, 0.717) is 22.8 Å². The number of piperidine rings is 1. The third-order valence-electron chi connectivity index (χ3n) is 5.25. The van der Waals surface area contributed by atoms with Gasteiger partial charge in [0.15, 0.2) is 0 Å². The van der Waals surface area contributed by atoms with Gasteiger partial charge in [0.2, 0.25) is 5.78 Å². The van der Waals surface area contributed by atoms with Crippen LogP contribution in [0.5, 0.6) is 5.75 Å². The van der Waals surface area contributed by atoms with Gasteiger partial charge in [-0.05, 0) is 62.1 Å². The molecule has 1 saturated heterocycles. The van der Waals surface area contributed by atoms with Gasteiger partial charge in [-0.1, -0.05) is 11.6 Å². The first-order valence-electron chi connectivity index (χ1n) is 9.73. The highest BCUT2D eigenvalue weighted by atomic mass is 35.5. The standard InChI is InChI=1S/C21H25BClN3O3/c1-22(28)26-6-4-18(5-7-26)29-20-11-15-9-16(8-14(15)10-19(20)23)21(27)17(12-24)13-25(2)3/h9-11,13,18,28H,4-8H2,1-3H3. The van der Waals surface area contributed by atoms with Gasteiger partial charge in [-0.2, -0.15) is 5.26 Å². The molecule has 8 heteroatoms. The second-order valence-corrected chi connectivity index (χ2v) is 8.17. The number of nitriles is 1. The molecule has 29 heavy (non-hydrogen) atoms. The summed E-state index contributed by atoms with van der Waals surface area (Å²) in [7, 11) is 3.11. The Bertz CT molecular complexity index is 897. The zero-order chi connectivity index (χ0) is 21.1. The van der Waals surface area contributed by atoms with Crippen LogP contribution in [0.1, 0.15) is 24.0 Å². The topological polar surface area (TPSA) is 76.8 Å². The maximum absolute atomic E-state index is 12.7. The maximum atomic E-state index is 12.7. The second-order valence-electron chi connectivity index (χ2n) is 7.76. The molecule has 1 aromatic rings. The number of hydrogen-bond donors (Lipinski definition) is 1. The number of nitrogens with zero attached hydrogens (tertiary/aromatic N) is 3. The number of hydrogen-bond acceptors (Lipinski definition) is 6. The van der Waals surface area contributed by atoms with Crippen molar-refractivity contribution >= 4 is 30.5 Å². The second kappa shape index (κ2) is 9.04. The van der Waals surface area contributed by atoms with E-state index in [9.17, 15) is 15.1 Å². The van der Waals surface area contributed by atoms with Crippen LogP contribution in [0, 0.1) is 11.3 Å². The molecule has 1 fully saturated rings. The Hall–Kier alpha value is -2.27. The quantitative estimate of drug-likeness (QED) is 0.439. The van der Waals surface area contributed by atoms with Crippen molar-refractivity contribution in [2.75, 3.05) is 27.2 Å². The number of allylic oxidation sites excluding steroid dienone is 2. The lowest BCUT2D eigenvalue weighted by molar-refractivity contribution is -0.111. The Morgan fingerprint density at radius 1 is 1.41 bits per heavy atom. The van der Waals surface area contributed by atoms with E-state index in [-0.39, 0.29) is 17.5 Å². The molecular formula is C21H25BClN3O3. The van der Waals surface area contributed by atoms with Crippen LogP contribution in [-0.2, 0) is 11.2 Å². The number of fused-ring (bicyclic) bond motifs is 1. The zero-order valence-corrected chi connectivity index (χ0v) is 17.7. The largest absolute Gasteiger partial charge is 0.489 e. The van der Waals surface area contributed by atoms with E-state index in [0.717, 1.165) is 37.1 Å². The van der Waals surface area contributed by atoms with Crippen molar-refractivity contribution in [2.45, 2.75) is 32.2 Å². The lowest BCUT2D eigenvalue weighted by Crippen LogP contribution is -2.45. The molecule has 1 N–H and O–H groups in total. The predicted octanol–water partition coefficient (Wildman–Crippen LogP) is 2.77. The molecule has 0 spiro atoms. The minimum Gasteiger partial charge on any atom is -0.489 e. The Kier molecular flexibility index (Phi) is 6.68. The first kappa shape index (κ1) is 21.4. The van der Waals surface area contributed by atoms with Crippen molar-refractivity contribution in [3.8, 4) is 11.8 Å². The van der Waals surface area contributed by atoms with Crippen molar-refractivity contribution in [3.63, 3.8) is 0 Å². The monoisotopic (exact) mass is 413 g/mol. The van der Waals surface area contributed by atoms with Gasteiger partial charge in [-0.15, -0.1) is 0 Å². The third kappa shape index (κ3) is 5.02. The Labute approximate surface area is 177 Å². The van der Waals surface area contributed by atoms with Gasteiger partial charge in [-0.25, -0.2) is 0 Å². The first-order chi connectivity index (χ1) is 13.8. The minimum atomic E-state index is -0.444. The summed E-state index contributed by atoms with van der Waals surface area (Å²) in [6.45, 7) is 3.33. The number of benzene rings is 1. The molecule has 2 aliphatic rings. The van der Waals surface area contributed by atoms with E-state index in [4.69, 9.17) is 16.3 Å². The number of rotatable bonds is 6. The summed E-state index contributed by atoms with van der Waals surface area (Å²) in [5, 5.41) is 19.5. The highest BCUT2D eigenvalue weighted by molar-refractivity contribution is 6.45. The van der Waals surface area contributed by atoms with Gasteiger partial charge in [0.05, 0.1) is 5.02 Å². The summed E-state index contributed by atoms with van der Waals surface area (Å²) in [5.41, 5.74) is 2.54. The summed E-state index contributed by atoms with van der Waals surface area (Å²) in [5.74, 6) is 0.344. The number of ether oxygens (including phenoxy) is 1. The summed E-state index contributed by atoms with van der Waals surface area (Å²) >= 11 is 6.44. The molecule has 1 aromatic carbocycles. The summed E-state index contributed by atoms with van der Waals surface area (Å²) in [4.78, 5) is 16.4. The van der Waals surface area contributed by atoms with Gasteiger partial charge in [0.25, 0.3) is 0 Å². The fourth-order valence-corrected chi connectivity index (χ4v) is 3.92. The van der Waals surface area contributed by atoms with E-state index in [2.05, 4.69) is 0 Å². The molecule has 6 nitrogen and oxygen atoms in total. The average Bonchev–Trinajstić information content (AvgIpc) is 3.08. The normalized spacial score (nSPS) is 17.4. The van der Waals surface area contributed by atoms with Crippen LogP contribution in [0.4, 0.5) is 0 Å². The van der Waals surface area contributed by atoms with Crippen molar-refractivity contribution in [3.05, 3.63) is 45.6 Å². The van der Waals surface area contributed by atoms with Crippen LogP contribution >= 0.6 is 11.6 Å². The molecule has 0 bridgehead atoms. The number of halogens is 1. The molecule has 0 atom stereocenters. The molecule has 1 heterocycles. The first-order valence-corrected chi connectivity index (χ1v) is 10.1. The van der Waals surface area contributed by atoms with Crippen LogP contribution in [0.15, 0.2) is 29.5 Å². The number of Topliss-reactive ketones (excluding diaryl/α,β-unsaturated/α-hetero) is 1. The van der Waals surface area contributed by atoms with Gasteiger partial charge in [0.1, 0.15) is 23.5 Å². The van der Waals surface area contributed by atoms with Crippen molar-refractivity contribution in [1.82, 2.24) is 9.71 Å². The third-order valence-corrected chi connectivity index (χ3v) is 5.54. The molecular weight excluding hydrogens is 389 g/mol. The van der Waals surface area contributed by atoms with E-state index in [1.54, 1.807) is 25.8 Å².